The number of nitrogens with one attached hydrogen (secondary N) is 1. The Kier molecular flexibility index (Phi) is 4.79. The molecule has 1 aliphatic carbocycles. The van der Waals surface area contributed by atoms with Gasteiger partial charge in [-0.1, -0.05) is 33.6 Å². The second-order valence-electron chi connectivity index (χ2n) is 4.72. The summed E-state index contributed by atoms with van der Waals surface area (Å²) < 4.78 is 0. The second kappa shape index (κ2) is 5.64. The van der Waals surface area contributed by atoms with Crippen LogP contribution in [0.5, 0.6) is 0 Å². The Morgan fingerprint density at radius 3 is 2.31 bits per heavy atom. The van der Waals surface area contributed by atoms with Crippen LogP contribution in [-0.2, 0) is 0 Å². The van der Waals surface area contributed by atoms with E-state index in [0.717, 1.165) is 17.9 Å². The average molecular weight is 183 g/mol. The molecule has 0 radical (unpaired) electrons. The smallest absolute Gasteiger partial charge is 0.0118 e. The fourth-order valence-corrected chi connectivity index (χ4v) is 2.53. The first kappa shape index (κ1) is 11.0. The molecular weight excluding hydrogens is 158 g/mol. The van der Waals surface area contributed by atoms with Crippen molar-refractivity contribution in [2.75, 3.05) is 6.54 Å². The lowest BCUT2D eigenvalue weighted by Crippen LogP contribution is -2.43. The maximum Gasteiger partial charge on any atom is 0.0118 e. The van der Waals surface area contributed by atoms with Crippen LogP contribution in [0.15, 0.2) is 0 Å². The summed E-state index contributed by atoms with van der Waals surface area (Å²) in [6.45, 7) is 8.28. The molecule has 1 aliphatic rings. The summed E-state index contributed by atoms with van der Waals surface area (Å²) in [5, 5.41) is 3.72. The zero-order chi connectivity index (χ0) is 9.68. The van der Waals surface area contributed by atoms with Crippen LogP contribution in [-0.4, -0.2) is 12.6 Å². The third kappa shape index (κ3) is 3.30. The third-order valence-electron chi connectivity index (χ3n) is 3.46. The van der Waals surface area contributed by atoms with Crippen molar-refractivity contribution in [3.05, 3.63) is 0 Å². The van der Waals surface area contributed by atoms with Gasteiger partial charge in [0.1, 0.15) is 0 Å². The van der Waals surface area contributed by atoms with Gasteiger partial charge in [-0.15, -0.1) is 0 Å². The van der Waals surface area contributed by atoms with E-state index in [-0.39, 0.29) is 0 Å². The van der Waals surface area contributed by atoms with Gasteiger partial charge >= 0.3 is 0 Å². The maximum atomic E-state index is 3.72. The minimum absolute atomic E-state index is 0.792. The van der Waals surface area contributed by atoms with E-state index in [1.165, 1.54) is 38.6 Å². The summed E-state index contributed by atoms with van der Waals surface area (Å²) >= 11 is 0. The molecule has 0 aromatic rings. The molecule has 0 aromatic heterocycles. The highest BCUT2D eigenvalue weighted by Gasteiger charge is 2.26. The molecule has 2 unspecified atom stereocenters. The first-order valence-electron chi connectivity index (χ1n) is 5.99. The molecule has 0 saturated heterocycles. The van der Waals surface area contributed by atoms with E-state index >= 15 is 0 Å². The predicted molar refractivity (Wildman–Crippen MR) is 58.9 cm³/mol. The molecular formula is C12H25N. The largest absolute Gasteiger partial charge is 0.313 e. The van der Waals surface area contributed by atoms with Gasteiger partial charge in [-0.05, 0) is 37.6 Å². The van der Waals surface area contributed by atoms with Crippen molar-refractivity contribution in [1.82, 2.24) is 5.32 Å². The van der Waals surface area contributed by atoms with Crippen molar-refractivity contribution in [2.45, 2.75) is 58.9 Å². The average Bonchev–Trinajstić information content (AvgIpc) is 2.10. The Balaban J connectivity index is 2.26. The van der Waals surface area contributed by atoms with Crippen LogP contribution in [0.2, 0.25) is 0 Å². The van der Waals surface area contributed by atoms with Gasteiger partial charge < -0.3 is 5.32 Å². The molecule has 0 spiro atoms. The fourth-order valence-electron chi connectivity index (χ4n) is 2.53. The minimum Gasteiger partial charge on any atom is -0.313 e. The lowest BCUT2D eigenvalue weighted by atomic mass is 9.79. The Morgan fingerprint density at radius 1 is 1.15 bits per heavy atom. The molecule has 1 N–H and O–H groups in total. The van der Waals surface area contributed by atoms with Crippen molar-refractivity contribution in [2.24, 2.45) is 11.8 Å². The van der Waals surface area contributed by atoms with E-state index in [4.69, 9.17) is 0 Å². The molecule has 1 nitrogen and oxygen atoms in total. The summed E-state index contributed by atoms with van der Waals surface area (Å²) in [5.41, 5.74) is 0. The summed E-state index contributed by atoms with van der Waals surface area (Å²) in [4.78, 5) is 0. The quantitative estimate of drug-likeness (QED) is 0.660. The Bertz CT molecular complexity index is 123. The first-order chi connectivity index (χ1) is 6.25. The van der Waals surface area contributed by atoms with Gasteiger partial charge in [-0.2, -0.15) is 0 Å². The Morgan fingerprint density at radius 2 is 1.77 bits per heavy atom. The molecule has 0 aromatic carbocycles. The standard InChI is InChI=1S/C12H25N/c1-4-5-9-13-12-10(2)7-6-8-11(12)3/h10-13H,4-9H2,1-3H3. The van der Waals surface area contributed by atoms with Gasteiger partial charge in [0.25, 0.3) is 0 Å². The third-order valence-corrected chi connectivity index (χ3v) is 3.46. The highest BCUT2D eigenvalue weighted by Crippen LogP contribution is 2.28. The Hall–Kier alpha value is -0.0400. The molecule has 1 heteroatoms. The van der Waals surface area contributed by atoms with Crippen LogP contribution >= 0.6 is 0 Å². The van der Waals surface area contributed by atoms with E-state index in [1.54, 1.807) is 0 Å². The van der Waals surface area contributed by atoms with E-state index in [9.17, 15) is 0 Å². The highest BCUT2D eigenvalue weighted by atomic mass is 14.9. The maximum absolute atomic E-state index is 3.72. The lowest BCUT2D eigenvalue weighted by molar-refractivity contribution is 0.209. The van der Waals surface area contributed by atoms with Gasteiger partial charge in [0.05, 0.1) is 0 Å². The number of hydrogen-bond acceptors (Lipinski definition) is 1. The molecule has 1 saturated carbocycles. The van der Waals surface area contributed by atoms with Crippen molar-refractivity contribution in [3.8, 4) is 0 Å². The van der Waals surface area contributed by atoms with Gasteiger partial charge in [-0.3, -0.25) is 0 Å². The molecule has 0 heterocycles. The van der Waals surface area contributed by atoms with Crippen LogP contribution in [0.1, 0.15) is 52.9 Å². The molecule has 0 aliphatic heterocycles. The minimum atomic E-state index is 0.792. The van der Waals surface area contributed by atoms with Crippen LogP contribution in [0.4, 0.5) is 0 Å². The van der Waals surface area contributed by atoms with Gasteiger partial charge in [0.2, 0.25) is 0 Å². The highest BCUT2D eigenvalue weighted by molar-refractivity contribution is 4.82. The van der Waals surface area contributed by atoms with Gasteiger partial charge in [0, 0.05) is 6.04 Å². The summed E-state index contributed by atoms with van der Waals surface area (Å²) in [6, 6.07) is 0.792. The number of unbranched alkanes of at least 4 members (excludes halogenated alkanes) is 1. The molecule has 1 fully saturated rings. The monoisotopic (exact) mass is 183 g/mol. The normalized spacial score (nSPS) is 34.8. The van der Waals surface area contributed by atoms with E-state index in [0.29, 0.717) is 0 Å². The first-order valence-corrected chi connectivity index (χ1v) is 5.99. The fraction of sp³-hybridized carbons (Fsp3) is 1.00. The van der Waals surface area contributed by atoms with Crippen LogP contribution in [0.3, 0.4) is 0 Å². The predicted octanol–water partition coefficient (Wildman–Crippen LogP) is 3.20. The van der Waals surface area contributed by atoms with E-state index < -0.39 is 0 Å². The zero-order valence-corrected chi connectivity index (χ0v) is 9.47. The number of hydrogen-bond donors (Lipinski definition) is 1. The van der Waals surface area contributed by atoms with Crippen LogP contribution < -0.4 is 5.32 Å². The van der Waals surface area contributed by atoms with Crippen molar-refractivity contribution >= 4 is 0 Å². The SMILES string of the molecule is CCCCNC1C(C)CCCC1C. The lowest BCUT2D eigenvalue weighted by Gasteiger charge is -2.35. The van der Waals surface area contributed by atoms with Crippen molar-refractivity contribution < 1.29 is 0 Å². The molecule has 1 rings (SSSR count). The molecule has 0 amide bonds. The van der Waals surface area contributed by atoms with Gasteiger partial charge in [0.15, 0.2) is 0 Å². The molecule has 78 valence electrons. The molecule has 0 bridgehead atoms. The zero-order valence-electron chi connectivity index (χ0n) is 9.47. The molecule has 2 atom stereocenters. The number of rotatable bonds is 4. The second-order valence-corrected chi connectivity index (χ2v) is 4.72. The Labute approximate surface area is 83.3 Å². The van der Waals surface area contributed by atoms with Crippen molar-refractivity contribution in [3.63, 3.8) is 0 Å². The molecule has 13 heavy (non-hydrogen) atoms. The van der Waals surface area contributed by atoms with Crippen LogP contribution in [0.25, 0.3) is 0 Å². The van der Waals surface area contributed by atoms with Crippen LogP contribution in [0, 0.1) is 11.8 Å². The van der Waals surface area contributed by atoms with E-state index in [1.807, 2.05) is 0 Å². The van der Waals surface area contributed by atoms with E-state index in [2.05, 4.69) is 26.1 Å². The van der Waals surface area contributed by atoms with Crippen molar-refractivity contribution in [1.29, 1.82) is 0 Å². The van der Waals surface area contributed by atoms with Gasteiger partial charge in [-0.25, -0.2) is 0 Å². The summed E-state index contributed by atoms with van der Waals surface area (Å²) in [6.07, 6.45) is 6.93. The topological polar surface area (TPSA) is 12.0 Å². The summed E-state index contributed by atoms with van der Waals surface area (Å²) in [5.74, 6) is 1.78. The summed E-state index contributed by atoms with van der Waals surface area (Å²) in [7, 11) is 0.